The van der Waals surface area contributed by atoms with Crippen LogP contribution in [0.25, 0.3) is 0 Å². The van der Waals surface area contributed by atoms with Gasteiger partial charge in [-0.25, -0.2) is 0 Å². The van der Waals surface area contributed by atoms with E-state index in [-0.39, 0.29) is 6.10 Å². The van der Waals surface area contributed by atoms with Gasteiger partial charge in [-0.2, -0.15) is 0 Å². The van der Waals surface area contributed by atoms with E-state index in [1.165, 1.54) is 32.1 Å². The third kappa shape index (κ3) is 2.32. The first-order valence-electron chi connectivity index (χ1n) is 8.81. The maximum atomic E-state index is 10.3. The molecule has 0 aromatic heterocycles. The average molecular weight is 288 g/mol. The van der Waals surface area contributed by atoms with Crippen molar-refractivity contribution >= 4 is 0 Å². The van der Waals surface area contributed by atoms with Crippen molar-refractivity contribution in [3.8, 4) is 0 Å². The van der Waals surface area contributed by atoms with E-state index in [1.54, 1.807) is 11.1 Å². The van der Waals surface area contributed by atoms with Crippen LogP contribution < -0.4 is 0 Å². The predicted octanol–water partition coefficient (Wildman–Crippen LogP) is 5.26. The van der Waals surface area contributed by atoms with E-state index < -0.39 is 0 Å². The third-order valence-corrected chi connectivity index (χ3v) is 7.35. The predicted molar refractivity (Wildman–Crippen MR) is 89.0 cm³/mol. The van der Waals surface area contributed by atoms with Crippen LogP contribution in [-0.4, -0.2) is 11.2 Å². The fraction of sp³-hybridized carbons (Fsp3) is 0.800. The van der Waals surface area contributed by atoms with Crippen molar-refractivity contribution in [2.45, 2.75) is 78.7 Å². The van der Waals surface area contributed by atoms with Crippen LogP contribution in [0.2, 0.25) is 0 Å². The van der Waals surface area contributed by atoms with E-state index >= 15 is 0 Å². The van der Waals surface area contributed by atoms with Crippen molar-refractivity contribution in [1.29, 1.82) is 0 Å². The van der Waals surface area contributed by atoms with E-state index in [2.05, 4.69) is 34.3 Å². The van der Waals surface area contributed by atoms with Gasteiger partial charge in [0.25, 0.3) is 0 Å². The largest absolute Gasteiger partial charge is 0.389 e. The van der Waals surface area contributed by atoms with Crippen LogP contribution in [0.4, 0.5) is 0 Å². The highest BCUT2D eigenvalue weighted by Crippen LogP contribution is 2.58. The number of aliphatic hydroxyl groups excluding tert-OH is 1. The molecule has 1 nitrogen and oxygen atoms in total. The summed E-state index contributed by atoms with van der Waals surface area (Å²) in [6.07, 6.45) is 8.18. The Morgan fingerprint density at radius 2 is 1.81 bits per heavy atom. The van der Waals surface area contributed by atoms with Crippen LogP contribution in [0.15, 0.2) is 23.3 Å². The minimum absolute atomic E-state index is 0.258. The number of hydrogen-bond acceptors (Lipinski definition) is 1. The summed E-state index contributed by atoms with van der Waals surface area (Å²) in [4.78, 5) is 0. The van der Waals surface area contributed by atoms with Crippen LogP contribution in [0.5, 0.6) is 0 Å². The van der Waals surface area contributed by atoms with Gasteiger partial charge in [-0.05, 0) is 80.1 Å². The molecule has 1 unspecified atom stereocenters. The van der Waals surface area contributed by atoms with Gasteiger partial charge < -0.3 is 5.11 Å². The summed E-state index contributed by atoms with van der Waals surface area (Å²) < 4.78 is 0. The van der Waals surface area contributed by atoms with Crippen molar-refractivity contribution < 1.29 is 5.11 Å². The molecule has 1 N–H and O–H groups in total. The Morgan fingerprint density at radius 1 is 1.10 bits per heavy atom. The number of fused-ring (bicyclic) bond motifs is 3. The number of rotatable bonds is 0. The molecule has 2 bridgehead atoms. The second kappa shape index (κ2) is 4.98. The Kier molecular flexibility index (Phi) is 3.64. The molecule has 0 heterocycles. The molecule has 118 valence electrons. The molecule has 4 atom stereocenters. The van der Waals surface area contributed by atoms with E-state index in [9.17, 15) is 5.11 Å². The van der Waals surface area contributed by atoms with Gasteiger partial charge in [0, 0.05) is 0 Å². The minimum atomic E-state index is -0.258. The Bertz CT molecular complexity index is 484. The lowest BCUT2D eigenvalue weighted by Gasteiger charge is -2.53. The second-order valence-corrected chi connectivity index (χ2v) is 8.79. The van der Waals surface area contributed by atoms with Gasteiger partial charge >= 0.3 is 0 Å². The lowest BCUT2D eigenvalue weighted by molar-refractivity contribution is 0.0289. The maximum absolute atomic E-state index is 10.3. The summed E-state index contributed by atoms with van der Waals surface area (Å²) in [6.45, 7) is 14.0. The highest BCUT2D eigenvalue weighted by Gasteiger charge is 2.48. The molecule has 0 saturated heterocycles. The number of aliphatic hydroxyl groups is 1. The van der Waals surface area contributed by atoms with Crippen LogP contribution in [-0.2, 0) is 0 Å². The van der Waals surface area contributed by atoms with E-state index in [4.69, 9.17) is 0 Å². The first-order chi connectivity index (χ1) is 9.75. The van der Waals surface area contributed by atoms with E-state index in [0.717, 1.165) is 24.3 Å². The Balaban J connectivity index is 1.99. The van der Waals surface area contributed by atoms with Gasteiger partial charge in [-0.3, -0.25) is 0 Å². The summed E-state index contributed by atoms with van der Waals surface area (Å²) in [7, 11) is 0. The number of hydrogen-bond donors (Lipinski definition) is 1. The summed E-state index contributed by atoms with van der Waals surface area (Å²) in [5, 5.41) is 10.3. The molecule has 3 aliphatic rings. The standard InChI is InChI=1S/C20H32O/c1-13-6-7-15-12-17-14(2)18(21)9-11-20(17,5)10-8-16(13)19(15,3)4/h15,17-18,21H,2,6-12H2,1,3-5H3/t15-,17?,18+,20+/m0/s1. The molecule has 0 spiro atoms. The van der Waals surface area contributed by atoms with Crippen molar-refractivity contribution in [3.05, 3.63) is 23.3 Å². The lowest BCUT2D eigenvalue weighted by Crippen LogP contribution is -2.44. The highest BCUT2D eigenvalue weighted by atomic mass is 16.3. The summed E-state index contributed by atoms with van der Waals surface area (Å²) in [5.41, 5.74) is 5.23. The highest BCUT2D eigenvalue weighted by molar-refractivity contribution is 5.27. The molecule has 21 heavy (non-hydrogen) atoms. The molecule has 0 amide bonds. The fourth-order valence-corrected chi connectivity index (χ4v) is 5.58. The molecule has 3 rings (SSSR count). The smallest absolute Gasteiger partial charge is 0.0750 e. The fourth-order valence-electron chi connectivity index (χ4n) is 5.58. The van der Waals surface area contributed by atoms with Gasteiger partial charge in [0.05, 0.1) is 6.10 Å². The lowest BCUT2D eigenvalue weighted by atomic mass is 9.52. The van der Waals surface area contributed by atoms with Crippen molar-refractivity contribution in [1.82, 2.24) is 0 Å². The van der Waals surface area contributed by atoms with Crippen LogP contribution >= 0.6 is 0 Å². The molecule has 2 fully saturated rings. The molecular formula is C20H32O. The Hall–Kier alpha value is -0.560. The van der Waals surface area contributed by atoms with E-state index in [0.29, 0.717) is 16.7 Å². The molecular weight excluding hydrogens is 256 g/mol. The van der Waals surface area contributed by atoms with Gasteiger partial charge in [-0.15, -0.1) is 0 Å². The first-order valence-corrected chi connectivity index (χ1v) is 8.81. The Morgan fingerprint density at radius 3 is 2.52 bits per heavy atom. The van der Waals surface area contributed by atoms with Crippen LogP contribution in [0.1, 0.15) is 72.6 Å². The van der Waals surface area contributed by atoms with Crippen molar-refractivity contribution in [2.75, 3.05) is 0 Å². The maximum Gasteiger partial charge on any atom is 0.0750 e. The monoisotopic (exact) mass is 288 g/mol. The summed E-state index contributed by atoms with van der Waals surface area (Å²) in [5.74, 6) is 1.27. The van der Waals surface area contributed by atoms with Crippen LogP contribution in [0.3, 0.4) is 0 Å². The van der Waals surface area contributed by atoms with Gasteiger partial charge in [0.15, 0.2) is 0 Å². The second-order valence-electron chi connectivity index (χ2n) is 8.79. The van der Waals surface area contributed by atoms with Crippen LogP contribution in [0, 0.1) is 22.7 Å². The molecule has 0 aromatic rings. The average Bonchev–Trinajstić information content (AvgIpc) is 2.40. The van der Waals surface area contributed by atoms with Crippen molar-refractivity contribution in [2.24, 2.45) is 22.7 Å². The minimum Gasteiger partial charge on any atom is -0.389 e. The quantitative estimate of drug-likeness (QED) is 0.603. The normalized spacial score (nSPS) is 43.1. The van der Waals surface area contributed by atoms with Gasteiger partial charge in [-0.1, -0.05) is 38.5 Å². The molecule has 0 aliphatic heterocycles. The Labute approximate surface area is 130 Å². The zero-order chi connectivity index (χ0) is 15.4. The number of allylic oxidation sites excluding steroid dienone is 2. The van der Waals surface area contributed by atoms with E-state index in [1.807, 2.05) is 0 Å². The zero-order valence-corrected chi connectivity index (χ0v) is 14.3. The summed E-state index contributed by atoms with van der Waals surface area (Å²) in [6, 6.07) is 0. The first kappa shape index (κ1) is 15.3. The summed E-state index contributed by atoms with van der Waals surface area (Å²) >= 11 is 0. The molecule has 2 saturated carbocycles. The SMILES string of the molecule is C=C1C2C[C@@H]3CCC(C)=C(CC[C@]2(C)CC[C@H]1O)C3(C)C. The topological polar surface area (TPSA) is 20.2 Å². The molecule has 0 radical (unpaired) electrons. The molecule has 1 heteroatoms. The van der Waals surface area contributed by atoms with Crippen molar-refractivity contribution in [3.63, 3.8) is 0 Å². The zero-order valence-electron chi connectivity index (χ0n) is 14.3. The van der Waals surface area contributed by atoms with Gasteiger partial charge in [0.2, 0.25) is 0 Å². The molecule has 0 aromatic carbocycles. The molecule has 3 aliphatic carbocycles. The van der Waals surface area contributed by atoms with Gasteiger partial charge in [0.1, 0.15) is 0 Å². The third-order valence-electron chi connectivity index (χ3n) is 7.35.